The van der Waals surface area contributed by atoms with Crippen molar-refractivity contribution in [1.82, 2.24) is 0 Å². The second kappa shape index (κ2) is 7.66. The molecule has 0 saturated heterocycles. The van der Waals surface area contributed by atoms with Crippen molar-refractivity contribution < 1.29 is 0 Å². The van der Waals surface area contributed by atoms with Crippen molar-refractivity contribution in [1.29, 1.82) is 0 Å². The summed E-state index contributed by atoms with van der Waals surface area (Å²) in [5, 5.41) is 4.88. The van der Waals surface area contributed by atoms with Gasteiger partial charge in [0.25, 0.3) is 0 Å². The molecule has 1 atom stereocenters. The SMILES string of the molecule is CCCCCC[C@H]1C[Si](C(C)C)(C(C)C)c2cccc3cccc1c23. The molecular formula is C24H36Si. The van der Waals surface area contributed by atoms with Crippen LogP contribution in [0.25, 0.3) is 10.8 Å². The fourth-order valence-electron chi connectivity index (χ4n) is 5.56. The Morgan fingerprint density at radius 2 is 1.60 bits per heavy atom. The van der Waals surface area contributed by atoms with E-state index in [0.717, 1.165) is 17.0 Å². The summed E-state index contributed by atoms with van der Waals surface area (Å²) in [4.78, 5) is 0. The minimum Gasteiger partial charge on any atom is -0.0654 e. The number of rotatable bonds is 7. The first-order chi connectivity index (χ1) is 12.0. The van der Waals surface area contributed by atoms with E-state index in [4.69, 9.17) is 0 Å². The predicted molar refractivity (Wildman–Crippen MR) is 116 cm³/mol. The van der Waals surface area contributed by atoms with E-state index in [1.54, 1.807) is 16.1 Å². The standard InChI is InChI=1S/C24H36Si/c1-6-7-8-9-12-21-17-25(18(2)3,19(4)5)23-16-11-14-20-13-10-15-22(21)24(20)23/h10-11,13-16,18-19,21H,6-9,12,17H2,1-5H3/t21-/m0/s1. The van der Waals surface area contributed by atoms with E-state index in [-0.39, 0.29) is 0 Å². The zero-order valence-electron chi connectivity index (χ0n) is 16.9. The third kappa shape index (κ3) is 3.21. The van der Waals surface area contributed by atoms with Gasteiger partial charge in [-0.3, -0.25) is 0 Å². The van der Waals surface area contributed by atoms with Crippen molar-refractivity contribution in [2.75, 3.05) is 0 Å². The van der Waals surface area contributed by atoms with Gasteiger partial charge in [0, 0.05) is 0 Å². The molecule has 25 heavy (non-hydrogen) atoms. The monoisotopic (exact) mass is 352 g/mol. The van der Waals surface area contributed by atoms with Crippen molar-refractivity contribution in [3.8, 4) is 0 Å². The Labute approximate surface area is 156 Å². The normalized spacial score (nSPS) is 19.1. The summed E-state index contributed by atoms with van der Waals surface area (Å²) in [6.07, 6.45) is 6.92. The third-order valence-electron chi connectivity index (χ3n) is 6.93. The molecule has 1 heteroatoms. The van der Waals surface area contributed by atoms with Crippen LogP contribution in [0.1, 0.15) is 78.2 Å². The summed E-state index contributed by atoms with van der Waals surface area (Å²) in [7, 11) is -1.52. The highest BCUT2D eigenvalue weighted by molar-refractivity contribution is 6.96. The molecule has 0 fully saturated rings. The fourth-order valence-corrected chi connectivity index (χ4v) is 11.7. The first-order valence-electron chi connectivity index (χ1n) is 10.5. The van der Waals surface area contributed by atoms with E-state index in [2.05, 4.69) is 71.0 Å². The van der Waals surface area contributed by atoms with Crippen molar-refractivity contribution in [2.24, 2.45) is 0 Å². The number of hydrogen-bond acceptors (Lipinski definition) is 0. The molecule has 0 amide bonds. The number of benzene rings is 2. The smallest absolute Gasteiger partial charge is 0.0654 e. The summed E-state index contributed by atoms with van der Waals surface area (Å²) in [5.41, 5.74) is 3.28. The van der Waals surface area contributed by atoms with Gasteiger partial charge in [-0.25, -0.2) is 0 Å². The van der Waals surface area contributed by atoms with E-state index in [0.29, 0.717) is 0 Å². The molecule has 0 N–H and O–H groups in total. The summed E-state index contributed by atoms with van der Waals surface area (Å²) in [6.45, 7) is 12.3. The molecule has 0 aromatic heterocycles. The Bertz CT molecular complexity index is 700. The zero-order valence-corrected chi connectivity index (χ0v) is 17.9. The van der Waals surface area contributed by atoms with Crippen LogP contribution in [0.2, 0.25) is 17.1 Å². The molecule has 0 radical (unpaired) electrons. The van der Waals surface area contributed by atoms with Crippen LogP contribution in [0.5, 0.6) is 0 Å². The molecule has 1 aliphatic rings. The second-order valence-electron chi connectivity index (χ2n) is 8.85. The average molecular weight is 353 g/mol. The van der Waals surface area contributed by atoms with Crippen molar-refractivity contribution in [2.45, 2.75) is 89.8 Å². The lowest BCUT2D eigenvalue weighted by Crippen LogP contribution is -2.56. The average Bonchev–Trinajstić information content (AvgIpc) is 2.60. The number of unbranched alkanes of at least 4 members (excludes halogenated alkanes) is 3. The van der Waals surface area contributed by atoms with Gasteiger partial charge in [-0.05, 0) is 45.8 Å². The number of hydrogen-bond donors (Lipinski definition) is 0. The van der Waals surface area contributed by atoms with Crippen LogP contribution in [0.15, 0.2) is 36.4 Å². The summed E-state index contributed by atoms with van der Waals surface area (Å²) in [5.74, 6) is 0.784. The Morgan fingerprint density at radius 1 is 0.920 bits per heavy atom. The molecule has 3 rings (SSSR count). The minimum atomic E-state index is -1.52. The van der Waals surface area contributed by atoms with Gasteiger partial charge in [0.2, 0.25) is 0 Å². The van der Waals surface area contributed by atoms with Crippen molar-refractivity contribution >= 4 is 24.0 Å². The van der Waals surface area contributed by atoms with E-state index in [1.165, 1.54) is 43.5 Å². The molecule has 0 aliphatic carbocycles. The van der Waals surface area contributed by atoms with Gasteiger partial charge in [-0.15, -0.1) is 0 Å². The van der Waals surface area contributed by atoms with Gasteiger partial charge in [0.1, 0.15) is 0 Å². The van der Waals surface area contributed by atoms with Crippen LogP contribution < -0.4 is 5.19 Å². The van der Waals surface area contributed by atoms with Gasteiger partial charge < -0.3 is 0 Å². The summed E-state index contributed by atoms with van der Waals surface area (Å²) in [6, 6.07) is 15.7. The second-order valence-corrected chi connectivity index (χ2v) is 14.2. The molecule has 136 valence electrons. The van der Waals surface area contributed by atoms with E-state index in [9.17, 15) is 0 Å². The zero-order chi connectivity index (χ0) is 18.0. The minimum absolute atomic E-state index is 0.784. The molecule has 1 aliphatic heterocycles. The van der Waals surface area contributed by atoms with Gasteiger partial charge in [-0.1, -0.05) is 102 Å². The lowest BCUT2D eigenvalue weighted by molar-refractivity contribution is 0.573. The maximum atomic E-state index is 2.51. The van der Waals surface area contributed by atoms with Crippen LogP contribution in [0, 0.1) is 0 Å². The third-order valence-corrected chi connectivity index (χ3v) is 13.6. The molecule has 1 heterocycles. The Kier molecular flexibility index (Phi) is 5.73. The lowest BCUT2D eigenvalue weighted by Gasteiger charge is -2.47. The van der Waals surface area contributed by atoms with Crippen molar-refractivity contribution in [3.05, 3.63) is 42.0 Å². The van der Waals surface area contributed by atoms with Gasteiger partial charge in [0.05, 0.1) is 8.07 Å². The Balaban J connectivity index is 2.11. The summed E-state index contributed by atoms with van der Waals surface area (Å²) >= 11 is 0. The molecule has 2 aromatic carbocycles. The highest BCUT2D eigenvalue weighted by Crippen LogP contribution is 2.48. The Morgan fingerprint density at radius 3 is 2.24 bits per heavy atom. The van der Waals surface area contributed by atoms with Crippen LogP contribution in [-0.4, -0.2) is 8.07 Å². The maximum Gasteiger partial charge on any atom is 0.0931 e. The van der Waals surface area contributed by atoms with E-state index >= 15 is 0 Å². The van der Waals surface area contributed by atoms with Crippen LogP contribution in [0.4, 0.5) is 0 Å². The highest BCUT2D eigenvalue weighted by Gasteiger charge is 2.47. The lowest BCUT2D eigenvalue weighted by atomic mass is 9.90. The topological polar surface area (TPSA) is 0 Å². The molecule has 0 saturated carbocycles. The van der Waals surface area contributed by atoms with Gasteiger partial charge in [-0.2, -0.15) is 0 Å². The van der Waals surface area contributed by atoms with Gasteiger partial charge >= 0.3 is 0 Å². The molecular weight excluding hydrogens is 316 g/mol. The predicted octanol–water partition coefficient (Wildman–Crippen LogP) is 7.38. The van der Waals surface area contributed by atoms with Crippen LogP contribution >= 0.6 is 0 Å². The quantitative estimate of drug-likeness (QED) is 0.360. The summed E-state index contributed by atoms with van der Waals surface area (Å²) < 4.78 is 0. The van der Waals surface area contributed by atoms with E-state index in [1.807, 2.05) is 0 Å². The highest BCUT2D eigenvalue weighted by atomic mass is 28.3. The van der Waals surface area contributed by atoms with Crippen LogP contribution in [-0.2, 0) is 0 Å². The molecule has 0 nitrogen and oxygen atoms in total. The Hall–Kier alpha value is -1.08. The maximum absolute atomic E-state index is 2.51. The largest absolute Gasteiger partial charge is 0.0931 e. The first kappa shape index (κ1) is 18.7. The van der Waals surface area contributed by atoms with Gasteiger partial charge in [0.15, 0.2) is 0 Å². The van der Waals surface area contributed by atoms with Crippen LogP contribution in [0.3, 0.4) is 0 Å². The van der Waals surface area contributed by atoms with Crippen molar-refractivity contribution in [3.63, 3.8) is 0 Å². The molecule has 0 unspecified atom stereocenters. The fraction of sp³-hybridized carbons (Fsp3) is 0.583. The molecule has 0 bridgehead atoms. The van der Waals surface area contributed by atoms with E-state index < -0.39 is 8.07 Å². The molecule has 2 aromatic rings. The first-order valence-corrected chi connectivity index (χ1v) is 12.9. The molecule has 0 spiro atoms.